The van der Waals surface area contributed by atoms with Gasteiger partial charge in [-0.1, -0.05) is 20.8 Å². The van der Waals surface area contributed by atoms with Crippen molar-refractivity contribution in [1.29, 1.82) is 0 Å². The van der Waals surface area contributed by atoms with Gasteiger partial charge in [-0.15, -0.1) is 0 Å². The highest BCUT2D eigenvalue weighted by Crippen LogP contribution is 2.14. The smallest absolute Gasteiger partial charge is 0.297 e. The number of nitrogens with zero attached hydrogens (tertiary/aromatic N) is 3. The second-order valence-corrected chi connectivity index (χ2v) is 5.45. The third kappa shape index (κ3) is 6.07. The van der Waals surface area contributed by atoms with Crippen LogP contribution in [0.5, 0.6) is 0 Å². The summed E-state index contributed by atoms with van der Waals surface area (Å²) in [5.41, 5.74) is 0.967. The van der Waals surface area contributed by atoms with Gasteiger partial charge in [0, 0.05) is 32.2 Å². The fourth-order valence-electron chi connectivity index (χ4n) is 1.73. The maximum Gasteiger partial charge on any atom is 0.297 e. The molecule has 0 aliphatic rings. The van der Waals surface area contributed by atoms with Crippen LogP contribution >= 0.6 is 0 Å². The second-order valence-electron chi connectivity index (χ2n) is 5.45. The molecule has 0 fully saturated rings. The van der Waals surface area contributed by atoms with Crippen molar-refractivity contribution in [2.45, 2.75) is 39.8 Å². The Morgan fingerprint density at radius 1 is 1.26 bits per heavy atom. The van der Waals surface area contributed by atoms with Crippen LogP contribution in [0.25, 0.3) is 0 Å². The molecule has 1 aromatic rings. The molecule has 110 valence electrons. The Morgan fingerprint density at radius 2 is 2.00 bits per heavy atom. The van der Waals surface area contributed by atoms with E-state index in [1.807, 2.05) is 0 Å². The topological polar surface area (TPSA) is 44.5 Å². The quantitative estimate of drug-likeness (QED) is 0.741. The summed E-state index contributed by atoms with van der Waals surface area (Å²) in [4.78, 5) is 8.94. The van der Waals surface area contributed by atoms with E-state index in [4.69, 9.17) is 4.42 Å². The highest BCUT2D eigenvalue weighted by Gasteiger charge is 2.12. The molecule has 5 nitrogen and oxygen atoms in total. The molecule has 0 saturated carbocycles. The molecule has 0 amide bonds. The lowest BCUT2D eigenvalue weighted by atomic mass is 10.4. The van der Waals surface area contributed by atoms with Gasteiger partial charge in [0.25, 0.3) is 6.01 Å². The molecule has 5 heteroatoms. The fourth-order valence-corrected chi connectivity index (χ4v) is 1.73. The number of aromatic nitrogens is 1. The lowest BCUT2D eigenvalue weighted by Crippen LogP contribution is -2.32. The zero-order chi connectivity index (χ0) is 14.3. The summed E-state index contributed by atoms with van der Waals surface area (Å²) < 4.78 is 5.60. The standard InChI is InChI=1S/C14H28N4O/c1-6-7-18(9-8-17(4)5)14-16-13(11-19-14)10-15-12(2)3/h11-12,15H,6-10H2,1-5H3. The van der Waals surface area contributed by atoms with Gasteiger partial charge in [0.05, 0.1) is 5.69 Å². The summed E-state index contributed by atoms with van der Waals surface area (Å²) in [6, 6.07) is 1.20. The predicted octanol–water partition coefficient (Wildman–Crippen LogP) is 1.95. The molecule has 0 spiro atoms. The van der Waals surface area contributed by atoms with Gasteiger partial charge in [0.1, 0.15) is 6.26 Å². The van der Waals surface area contributed by atoms with E-state index >= 15 is 0 Å². The summed E-state index contributed by atoms with van der Waals surface area (Å²) in [6.45, 7) is 10.1. The molecule has 1 rings (SSSR count). The predicted molar refractivity (Wildman–Crippen MR) is 79.5 cm³/mol. The van der Waals surface area contributed by atoms with Gasteiger partial charge in [-0.25, -0.2) is 0 Å². The Kier molecular flexibility index (Phi) is 6.87. The molecular formula is C14H28N4O. The van der Waals surface area contributed by atoms with E-state index < -0.39 is 0 Å². The third-order valence-corrected chi connectivity index (χ3v) is 2.81. The number of oxazole rings is 1. The van der Waals surface area contributed by atoms with Crippen molar-refractivity contribution in [3.05, 3.63) is 12.0 Å². The van der Waals surface area contributed by atoms with E-state index in [0.717, 1.165) is 44.3 Å². The third-order valence-electron chi connectivity index (χ3n) is 2.81. The molecule has 0 aliphatic heterocycles. The number of rotatable bonds is 9. The van der Waals surface area contributed by atoms with Gasteiger partial charge in [-0.2, -0.15) is 4.98 Å². The largest absolute Gasteiger partial charge is 0.432 e. The van der Waals surface area contributed by atoms with Crippen LogP contribution in [-0.2, 0) is 6.54 Å². The zero-order valence-electron chi connectivity index (χ0n) is 12.9. The first-order valence-electron chi connectivity index (χ1n) is 7.10. The van der Waals surface area contributed by atoms with Crippen LogP contribution in [0.4, 0.5) is 6.01 Å². The van der Waals surface area contributed by atoms with Gasteiger partial charge >= 0.3 is 0 Å². The van der Waals surface area contributed by atoms with E-state index in [-0.39, 0.29) is 0 Å². The van der Waals surface area contributed by atoms with Crippen molar-refractivity contribution >= 4 is 6.01 Å². The van der Waals surface area contributed by atoms with Crippen LogP contribution in [-0.4, -0.2) is 49.7 Å². The lowest BCUT2D eigenvalue weighted by Gasteiger charge is -2.21. The summed E-state index contributed by atoms with van der Waals surface area (Å²) in [6.07, 6.45) is 2.85. The number of anilines is 1. The molecule has 0 radical (unpaired) electrons. The number of nitrogens with one attached hydrogen (secondary N) is 1. The number of hydrogen-bond acceptors (Lipinski definition) is 5. The lowest BCUT2D eigenvalue weighted by molar-refractivity contribution is 0.405. The molecule has 0 atom stereocenters. The summed E-state index contributed by atoms with van der Waals surface area (Å²) in [5.74, 6) is 0. The summed E-state index contributed by atoms with van der Waals surface area (Å²) in [7, 11) is 4.16. The van der Waals surface area contributed by atoms with E-state index in [1.165, 1.54) is 0 Å². The average molecular weight is 268 g/mol. The number of hydrogen-bond donors (Lipinski definition) is 1. The molecule has 19 heavy (non-hydrogen) atoms. The van der Waals surface area contributed by atoms with Crippen molar-refractivity contribution < 1.29 is 4.42 Å². The van der Waals surface area contributed by atoms with Gasteiger partial charge < -0.3 is 19.5 Å². The molecule has 1 N–H and O–H groups in total. The molecule has 0 unspecified atom stereocenters. The van der Waals surface area contributed by atoms with Gasteiger partial charge in [0.2, 0.25) is 0 Å². The first kappa shape index (κ1) is 16.0. The minimum Gasteiger partial charge on any atom is -0.432 e. The van der Waals surface area contributed by atoms with Crippen molar-refractivity contribution in [3.8, 4) is 0 Å². The zero-order valence-corrected chi connectivity index (χ0v) is 12.9. The minimum atomic E-state index is 0.459. The van der Waals surface area contributed by atoms with Gasteiger partial charge in [-0.05, 0) is 20.5 Å². The highest BCUT2D eigenvalue weighted by atomic mass is 16.4. The van der Waals surface area contributed by atoms with Crippen LogP contribution in [0.15, 0.2) is 10.7 Å². The van der Waals surface area contributed by atoms with Gasteiger partial charge in [0.15, 0.2) is 0 Å². The maximum absolute atomic E-state index is 5.60. The monoisotopic (exact) mass is 268 g/mol. The number of likely N-dealkylation sites (N-methyl/N-ethyl adjacent to an activating group) is 1. The van der Waals surface area contributed by atoms with Crippen molar-refractivity contribution in [2.24, 2.45) is 0 Å². The van der Waals surface area contributed by atoms with Crippen molar-refractivity contribution in [3.63, 3.8) is 0 Å². The minimum absolute atomic E-state index is 0.459. The van der Waals surface area contributed by atoms with Crippen LogP contribution in [0.3, 0.4) is 0 Å². The van der Waals surface area contributed by atoms with Crippen molar-refractivity contribution in [2.75, 3.05) is 38.6 Å². The molecular weight excluding hydrogens is 240 g/mol. The Labute approximate surface area is 117 Å². The fraction of sp³-hybridized carbons (Fsp3) is 0.786. The first-order valence-corrected chi connectivity index (χ1v) is 7.10. The molecule has 0 saturated heterocycles. The molecule has 1 aromatic heterocycles. The van der Waals surface area contributed by atoms with Crippen LogP contribution in [0.2, 0.25) is 0 Å². The Bertz CT molecular complexity index is 349. The normalized spacial score (nSPS) is 11.5. The van der Waals surface area contributed by atoms with Gasteiger partial charge in [-0.3, -0.25) is 0 Å². The average Bonchev–Trinajstić information content (AvgIpc) is 2.80. The SMILES string of the molecule is CCCN(CCN(C)C)c1nc(CNC(C)C)co1. The molecule has 0 bridgehead atoms. The summed E-state index contributed by atoms with van der Waals surface area (Å²) >= 11 is 0. The van der Waals surface area contributed by atoms with Crippen LogP contribution < -0.4 is 10.2 Å². The highest BCUT2D eigenvalue weighted by molar-refractivity contribution is 5.26. The van der Waals surface area contributed by atoms with E-state index in [2.05, 4.69) is 55.0 Å². The first-order chi connectivity index (χ1) is 9.02. The van der Waals surface area contributed by atoms with E-state index in [9.17, 15) is 0 Å². The Morgan fingerprint density at radius 3 is 2.58 bits per heavy atom. The van der Waals surface area contributed by atoms with E-state index in [0.29, 0.717) is 6.04 Å². The maximum atomic E-state index is 5.60. The Hall–Kier alpha value is -1.07. The van der Waals surface area contributed by atoms with E-state index in [1.54, 1.807) is 6.26 Å². The molecule has 0 aromatic carbocycles. The second kappa shape index (κ2) is 8.17. The molecule has 1 heterocycles. The van der Waals surface area contributed by atoms with Crippen LogP contribution in [0.1, 0.15) is 32.9 Å². The summed E-state index contributed by atoms with van der Waals surface area (Å²) in [5, 5.41) is 3.35. The van der Waals surface area contributed by atoms with Crippen LogP contribution in [0, 0.1) is 0 Å². The molecule has 0 aliphatic carbocycles. The Balaban J connectivity index is 2.58. The van der Waals surface area contributed by atoms with Crippen molar-refractivity contribution in [1.82, 2.24) is 15.2 Å².